The fourth-order valence-electron chi connectivity index (χ4n) is 10.3. The molecule has 0 radical (unpaired) electrons. The predicted molar refractivity (Wildman–Crippen MR) is 422 cm³/mol. The molecule has 2 saturated heterocycles. The quantitative estimate of drug-likeness (QED) is 0.0516. The summed E-state index contributed by atoms with van der Waals surface area (Å²) in [5.74, 6) is -2.88. The van der Waals surface area contributed by atoms with E-state index in [0.717, 1.165) is 76.8 Å². The van der Waals surface area contributed by atoms with Gasteiger partial charge in [-0.2, -0.15) is 9.80 Å². The van der Waals surface area contributed by atoms with Crippen molar-refractivity contribution in [2.24, 2.45) is 0 Å². The highest BCUT2D eigenvalue weighted by Crippen LogP contribution is 2.49. The van der Waals surface area contributed by atoms with Gasteiger partial charge in [0.25, 0.3) is 17.3 Å². The number of nitrogens with zero attached hydrogens (tertiary/aromatic N) is 15. The number of carboxylic acid groups (broad SMARTS) is 1. The number of anilines is 8. The number of nitrogens with one attached hydrogen (secondary N) is 1. The van der Waals surface area contributed by atoms with Crippen LogP contribution in [0.25, 0.3) is 0 Å². The maximum absolute atomic E-state index is 14.4. The molecule has 2 N–H and O–H groups in total. The molecule has 2 aromatic heterocycles. The number of imide groups is 2. The average Bonchev–Trinajstić information content (AvgIpc) is 0.780. The van der Waals surface area contributed by atoms with Crippen molar-refractivity contribution in [1.29, 1.82) is 0 Å². The number of aromatic carboxylic acids is 1. The molecular weight excluding hydrogens is 1570 g/mol. The third-order valence-corrected chi connectivity index (χ3v) is 17.1. The number of carbonyl (C=O) groups is 8. The number of hydrogen-bond acceptors (Lipinski definition) is 27. The summed E-state index contributed by atoms with van der Waals surface area (Å²) in [6, 6.07) is 9.30. The average molecular weight is 1660 g/mol. The standard InChI is InChI=1S/C36H44Cl2N8O10.C31H34Cl2N6O11.C5H12N2/c1-35(2,3)55-33(49)44(22-12-11-21(17-23(22)46(51)52)31(47)43-15-13-41(7)14-16-43)27-19-26(39-20-40-27)42(8)32(48)45(34(50)56-36(4,5)6)30-28(37)24(53-9)18-25(54-10)29(30)38;1-30(2,3)49-28(43)37(17-11-10-16(26(40)41)12-18(17)39(45)46)22-14-21(34-15-35-22)36(7)27(42)38(29(44)50-31(4,5)6)25-23(32)19(47-8)13-20(48-9)24(25)33;1-7-4-2-6-3-5-7/h11-12,17-20H,13-16H2,1-10H3;10-15H,1-9H3,(H,40,41);6H,2-5H2,1H3. The van der Waals surface area contributed by atoms with E-state index in [2.05, 4.69) is 42.1 Å². The molecule has 0 aliphatic carbocycles. The number of carboxylic acids is 1. The number of likely N-dealkylation sites (N-methyl/N-ethyl adjacent to an activating group) is 2. The SMILES string of the molecule is CN1CCNCC1.COc1cc(OC)c(Cl)c(N(C(=O)OC(C)(C)C)C(=O)N(C)c2cc(N(C(=O)OC(C)(C)C)c3ccc(C(=O)N4CCN(C)CC4)cc3[N+](=O)[O-])ncn2)c1Cl.COc1cc(OC)c(Cl)c(N(C(=O)OC(C)(C)C)C(=O)N(C)c2cc(N(C(=O)OC(C)(C)C)c3ccc(C(=O)O)cc3[N+](=O)[O-])ncn2)c1Cl. The van der Waals surface area contributed by atoms with E-state index in [4.69, 9.17) is 84.3 Å². The number of nitro benzene ring substituents is 2. The number of benzene rings is 4. The lowest BCUT2D eigenvalue weighted by molar-refractivity contribution is -0.384. The van der Waals surface area contributed by atoms with Gasteiger partial charge in [-0.25, -0.2) is 63.3 Å². The molecule has 2 fully saturated rings. The van der Waals surface area contributed by atoms with E-state index in [1.807, 2.05) is 7.05 Å². The summed E-state index contributed by atoms with van der Waals surface area (Å²) in [7, 11) is 11.8. The van der Waals surface area contributed by atoms with Crippen molar-refractivity contribution in [3.05, 3.63) is 125 Å². The molecule has 37 nitrogen and oxygen atoms in total. The minimum absolute atomic E-state index is 0.000218. The molecule has 612 valence electrons. The summed E-state index contributed by atoms with van der Waals surface area (Å²) in [5.41, 5.74) is -7.52. The Kier molecular flexibility index (Phi) is 30.6. The second-order valence-corrected chi connectivity index (χ2v) is 30.3. The highest BCUT2D eigenvalue weighted by atomic mass is 35.5. The smallest absolute Gasteiger partial charge is 0.423 e. The zero-order chi connectivity index (χ0) is 84.9. The van der Waals surface area contributed by atoms with Gasteiger partial charge < -0.3 is 63.0 Å². The van der Waals surface area contributed by atoms with Crippen LogP contribution >= 0.6 is 46.4 Å². The van der Waals surface area contributed by atoms with Crippen LogP contribution in [-0.2, 0) is 18.9 Å². The van der Waals surface area contributed by atoms with E-state index >= 15 is 0 Å². The Balaban J connectivity index is 0.000000325. The van der Waals surface area contributed by atoms with Gasteiger partial charge >= 0.3 is 42.4 Å². The van der Waals surface area contributed by atoms with Gasteiger partial charge in [0.2, 0.25) is 0 Å². The number of rotatable bonds is 16. The van der Waals surface area contributed by atoms with Gasteiger partial charge in [0.15, 0.2) is 0 Å². The molecule has 0 bridgehead atoms. The summed E-state index contributed by atoms with van der Waals surface area (Å²) >= 11 is 26.4. The van der Waals surface area contributed by atoms with Crippen molar-refractivity contribution >= 4 is 152 Å². The van der Waals surface area contributed by atoms with Crippen molar-refractivity contribution in [2.45, 2.75) is 105 Å². The van der Waals surface area contributed by atoms with Crippen LogP contribution in [0, 0.1) is 20.2 Å². The number of aromatic nitrogens is 4. The molecule has 9 amide bonds. The van der Waals surface area contributed by atoms with E-state index < -0.39 is 103 Å². The highest BCUT2D eigenvalue weighted by Gasteiger charge is 2.42. The lowest BCUT2D eigenvalue weighted by Crippen LogP contribution is -2.48. The van der Waals surface area contributed by atoms with Crippen LogP contribution in [0.3, 0.4) is 0 Å². The molecule has 4 aromatic carbocycles. The van der Waals surface area contributed by atoms with Crippen LogP contribution in [0.1, 0.15) is 104 Å². The van der Waals surface area contributed by atoms with Crippen molar-refractivity contribution in [2.75, 3.05) is 138 Å². The zero-order valence-electron chi connectivity index (χ0n) is 65.9. The number of halogens is 4. The molecule has 0 atom stereocenters. The second-order valence-electron chi connectivity index (χ2n) is 28.8. The lowest BCUT2D eigenvalue weighted by Gasteiger charge is -2.32. The van der Waals surface area contributed by atoms with Crippen LogP contribution < -0.4 is 53.7 Å². The van der Waals surface area contributed by atoms with Gasteiger partial charge in [-0.05, 0) is 121 Å². The summed E-state index contributed by atoms with van der Waals surface area (Å²) in [6.45, 7) is 25.8. The van der Waals surface area contributed by atoms with E-state index in [9.17, 15) is 63.7 Å². The second kappa shape index (κ2) is 38.0. The number of ether oxygens (including phenoxy) is 8. The largest absolute Gasteiger partial charge is 0.495 e. The van der Waals surface area contributed by atoms with E-state index in [1.165, 1.54) is 79.9 Å². The van der Waals surface area contributed by atoms with E-state index in [0.29, 0.717) is 40.9 Å². The molecule has 113 heavy (non-hydrogen) atoms. The zero-order valence-corrected chi connectivity index (χ0v) is 68.9. The van der Waals surface area contributed by atoms with E-state index in [1.54, 1.807) is 88.0 Å². The summed E-state index contributed by atoms with van der Waals surface area (Å²) in [6.07, 6.45) is -2.66. The maximum Gasteiger partial charge on any atom is 0.423 e. The van der Waals surface area contributed by atoms with Crippen LogP contribution in [0.4, 0.5) is 86.2 Å². The minimum atomic E-state index is -1.45. The number of hydrogen-bond donors (Lipinski definition) is 2. The van der Waals surface area contributed by atoms with Gasteiger partial charge in [-0.15, -0.1) is 0 Å². The number of piperazine rings is 2. The molecule has 0 saturated carbocycles. The first-order valence-electron chi connectivity index (χ1n) is 34.3. The molecule has 0 spiro atoms. The Bertz CT molecular complexity index is 4500. The number of amides is 9. The topological polar surface area (TPSA) is 410 Å². The molecule has 8 rings (SSSR count). The molecule has 0 unspecified atom stereocenters. The van der Waals surface area contributed by atoms with Crippen molar-refractivity contribution in [3.8, 4) is 23.0 Å². The molecule has 6 aromatic rings. The van der Waals surface area contributed by atoms with Gasteiger partial charge in [-0.1, -0.05) is 46.4 Å². The molecule has 2 aliphatic heterocycles. The third kappa shape index (κ3) is 23.6. The molecular formula is C72H90Cl4N16O21. The first-order chi connectivity index (χ1) is 52.6. The first kappa shape index (κ1) is 90.9. The Morgan fingerprint density at radius 1 is 0.460 bits per heavy atom. The van der Waals surface area contributed by atoms with E-state index in [-0.39, 0.29) is 89.0 Å². The van der Waals surface area contributed by atoms with Crippen molar-refractivity contribution < 1.29 is 91.2 Å². The van der Waals surface area contributed by atoms with Crippen molar-refractivity contribution in [3.63, 3.8) is 0 Å². The fourth-order valence-corrected chi connectivity index (χ4v) is 11.6. The lowest BCUT2D eigenvalue weighted by atomic mass is 10.1. The number of nitro groups is 2. The fraction of sp³-hybridized carbons (Fsp3) is 0.444. The Morgan fingerprint density at radius 3 is 1.07 bits per heavy atom. The van der Waals surface area contributed by atoms with Crippen LogP contribution in [0.2, 0.25) is 20.1 Å². The summed E-state index contributed by atoms with van der Waals surface area (Å²) in [4.78, 5) is 158. The Labute approximate surface area is 671 Å². The monoisotopic (exact) mass is 1650 g/mol. The first-order valence-corrected chi connectivity index (χ1v) is 35.8. The number of urea groups is 2. The van der Waals surface area contributed by atoms with Gasteiger partial charge in [0.05, 0.1) is 43.8 Å². The van der Waals surface area contributed by atoms with Crippen molar-refractivity contribution in [1.82, 2.24) is 40.0 Å². The molecule has 41 heteroatoms. The molecule has 2 aliphatic rings. The third-order valence-electron chi connectivity index (χ3n) is 15.7. The Hall–Kier alpha value is -11.0. The maximum atomic E-state index is 14.4. The Morgan fingerprint density at radius 2 is 0.770 bits per heavy atom. The summed E-state index contributed by atoms with van der Waals surface area (Å²) < 4.78 is 43.5. The summed E-state index contributed by atoms with van der Waals surface area (Å²) in [5, 5.41) is 36.4. The van der Waals surface area contributed by atoms with Crippen LogP contribution in [0.5, 0.6) is 23.0 Å². The van der Waals surface area contributed by atoms with Crippen LogP contribution in [0.15, 0.2) is 73.3 Å². The molecule has 4 heterocycles. The predicted octanol–water partition coefficient (Wildman–Crippen LogP) is 14.2. The van der Waals surface area contributed by atoms with Gasteiger partial charge in [0.1, 0.15) is 124 Å². The normalized spacial score (nSPS) is 13.2. The minimum Gasteiger partial charge on any atom is -0.495 e. The van der Waals surface area contributed by atoms with Gasteiger partial charge in [0, 0.05) is 108 Å². The van der Waals surface area contributed by atoms with Crippen LogP contribution in [-0.4, -0.2) is 229 Å². The number of methoxy groups -OCH3 is 4. The number of carbonyl (C=O) groups excluding carboxylic acids is 7. The van der Waals surface area contributed by atoms with Gasteiger partial charge in [-0.3, -0.25) is 34.8 Å². The highest BCUT2D eigenvalue weighted by molar-refractivity contribution is 6.44.